The number of nitrogens with one attached hydrogen (secondary N) is 1. The van der Waals surface area contributed by atoms with E-state index in [4.69, 9.17) is 22.4 Å². The first-order valence-electron chi connectivity index (χ1n) is 7.75. The smallest absolute Gasteiger partial charge is 0.226 e. The topological polar surface area (TPSA) is 62.6 Å². The first kappa shape index (κ1) is 18.6. The molecule has 2 aromatic rings. The van der Waals surface area contributed by atoms with Crippen LogP contribution in [0.1, 0.15) is 30.7 Å². The van der Waals surface area contributed by atoms with Crippen molar-refractivity contribution < 1.29 is 14.0 Å². The lowest BCUT2D eigenvalue weighted by Gasteiger charge is -2.23. The van der Waals surface area contributed by atoms with Gasteiger partial charge >= 0.3 is 0 Å². The second-order valence-corrected chi connectivity index (χ2v) is 5.98. The van der Waals surface area contributed by atoms with Crippen molar-refractivity contribution in [2.75, 3.05) is 6.54 Å². The first-order valence-corrected chi connectivity index (χ1v) is 8.13. The SMILES string of the molecule is C#CCN(Cc1ccco1)C(=O)CC(NC(C)=O)c1ccc(Cl)cc1. The Kier molecular flexibility index (Phi) is 6.67. The Morgan fingerprint density at radius 2 is 2.04 bits per heavy atom. The number of furan rings is 1. The highest BCUT2D eigenvalue weighted by Gasteiger charge is 2.22. The fraction of sp³-hybridized carbons (Fsp3) is 0.263. The van der Waals surface area contributed by atoms with E-state index in [1.54, 1.807) is 42.7 Å². The number of rotatable bonds is 7. The van der Waals surface area contributed by atoms with Gasteiger partial charge in [0.05, 0.1) is 31.8 Å². The average molecular weight is 359 g/mol. The number of nitrogens with zero attached hydrogens (tertiary/aromatic N) is 1. The van der Waals surface area contributed by atoms with Gasteiger partial charge in [-0.2, -0.15) is 0 Å². The largest absolute Gasteiger partial charge is 0.467 e. The summed E-state index contributed by atoms with van der Waals surface area (Å²) >= 11 is 5.90. The summed E-state index contributed by atoms with van der Waals surface area (Å²) in [5.41, 5.74) is 0.798. The van der Waals surface area contributed by atoms with Gasteiger partial charge in [0.15, 0.2) is 0 Å². The van der Waals surface area contributed by atoms with Gasteiger partial charge in [0.25, 0.3) is 0 Å². The molecule has 0 aliphatic rings. The normalized spacial score (nSPS) is 11.4. The van der Waals surface area contributed by atoms with Crippen molar-refractivity contribution in [3.05, 3.63) is 59.0 Å². The summed E-state index contributed by atoms with van der Waals surface area (Å²) < 4.78 is 5.28. The van der Waals surface area contributed by atoms with Gasteiger partial charge in [0, 0.05) is 11.9 Å². The molecule has 1 aromatic heterocycles. The van der Waals surface area contributed by atoms with Gasteiger partial charge in [-0.25, -0.2) is 0 Å². The Labute approximate surface area is 152 Å². The third kappa shape index (κ3) is 5.70. The van der Waals surface area contributed by atoms with E-state index in [2.05, 4.69) is 11.2 Å². The minimum absolute atomic E-state index is 0.0869. The predicted octanol–water partition coefficient (Wildman–Crippen LogP) is 3.16. The highest BCUT2D eigenvalue weighted by molar-refractivity contribution is 6.30. The van der Waals surface area contributed by atoms with Gasteiger partial charge in [-0.3, -0.25) is 9.59 Å². The zero-order valence-electron chi connectivity index (χ0n) is 13.9. The molecular weight excluding hydrogens is 340 g/mol. The van der Waals surface area contributed by atoms with E-state index in [1.165, 1.54) is 11.8 Å². The maximum atomic E-state index is 12.7. The molecule has 0 aliphatic heterocycles. The molecule has 130 valence electrons. The molecule has 5 nitrogen and oxygen atoms in total. The number of hydrogen-bond donors (Lipinski definition) is 1. The summed E-state index contributed by atoms with van der Waals surface area (Å²) in [7, 11) is 0. The third-order valence-electron chi connectivity index (χ3n) is 3.59. The number of halogens is 1. The Morgan fingerprint density at radius 3 is 2.60 bits per heavy atom. The highest BCUT2D eigenvalue weighted by atomic mass is 35.5. The van der Waals surface area contributed by atoms with Crippen molar-refractivity contribution in [2.24, 2.45) is 0 Å². The summed E-state index contributed by atoms with van der Waals surface area (Å²) in [5.74, 6) is 2.73. The lowest BCUT2D eigenvalue weighted by molar-refractivity contribution is -0.132. The van der Waals surface area contributed by atoms with E-state index in [9.17, 15) is 9.59 Å². The van der Waals surface area contributed by atoms with Crippen LogP contribution in [-0.4, -0.2) is 23.3 Å². The molecule has 0 fully saturated rings. The number of amides is 2. The minimum Gasteiger partial charge on any atom is -0.467 e. The molecule has 6 heteroatoms. The van der Waals surface area contributed by atoms with Crippen LogP contribution >= 0.6 is 11.6 Å². The maximum Gasteiger partial charge on any atom is 0.226 e. The molecule has 1 unspecified atom stereocenters. The molecule has 0 radical (unpaired) electrons. The van der Waals surface area contributed by atoms with Crippen molar-refractivity contribution in [3.8, 4) is 12.3 Å². The van der Waals surface area contributed by atoms with Gasteiger partial charge < -0.3 is 14.6 Å². The van der Waals surface area contributed by atoms with E-state index < -0.39 is 6.04 Å². The summed E-state index contributed by atoms with van der Waals surface area (Å²) in [5, 5.41) is 3.38. The van der Waals surface area contributed by atoms with Crippen molar-refractivity contribution in [3.63, 3.8) is 0 Å². The molecule has 0 saturated carbocycles. The highest BCUT2D eigenvalue weighted by Crippen LogP contribution is 2.21. The van der Waals surface area contributed by atoms with Gasteiger partial charge in [-0.05, 0) is 29.8 Å². The van der Waals surface area contributed by atoms with E-state index >= 15 is 0 Å². The molecule has 1 N–H and O–H groups in total. The molecule has 2 amide bonds. The molecule has 0 saturated heterocycles. The second kappa shape index (κ2) is 8.95. The van der Waals surface area contributed by atoms with Gasteiger partial charge in [0.1, 0.15) is 5.76 Å². The Hall–Kier alpha value is -2.71. The van der Waals surface area contributed by atoms with E-state index in [0.29, 0.717) is 10.8 Å². The quantitative estimate of drug-likeness (QED) is 0.773. The minimum atomic E-state index is -0.459. The van der Waals surface area contributed by atoms with Crippen LogP contribution in [0.15, 0.2) is 47.1 Å². The molecule has 1 heterocycles. The molecule has 0 aliphatic carbocycles. The van der Waals surface area contributed by atoms with Crippen LogP contribution < -0.4 is 5.32 Å². The fourth-order valence-electron chi connectivity index (χ4n) is 2.43. The molecule has 1 atom stereocenters. The van der Waals surface area contributed by atoms with Crippen LogP contribution in [-0.2, 0) is 16.1 Å². The van der Waals surface area contributed by atoms with Crippen LogP contribution in [0.25, 0.3) is 0 Å². The Balaban J connectivity index is 2.14. The van der Waals surface area contributed by atoms with Gasteiger partial charge in [-0.15, -0.1) is 6.42 Å². The summed E-state index contributed by atoms with van der Waals surface area (Å²) in [6.07, 6.45) is 7.01. The Morgan fingerprint density at radius 1 is 1.32 bits per heavy atom. The van der Waals surface area contributed by atoms with Gasteiger partial charge in [0.2, 0.25) is 11.8 Å². The summed E-state index contributed by atoms with van der Waals surface area (Å²) in [6, 6.07) is 10.1. The lowest BCUT2D eigenvalue weighted by Crippen LogP contribution is -2.35. The lowest BCUT2D eigenvalue weighted by atomic mass is 10.0. The van der Waals surface area contributed by atoms with Crippen LogP contribution in [0, 0.1) is 12.3 Å². The van der Waals surface area contributed by atoms with Crippen LogP contribution in [0.3, 0.4) is 0 Å². The number of hydrogen-bond acceptors (Lipinski definition) is 3. The molecule has 0 spiro atoms. The molecular formula is C19H19ClN2O3. The summed E-state index contributed by atoms with van der Waals surface area (Å²) in [4.78, 5) is 25.7. The zero-order valence-corrected chi connectivity index (χ0v) is 14.6. The predicted molar refractivity (Wildman–Crippen MR) is 95.6 cm³/mol. The molecule has 25 heavy (non-hydrogen) atoms. The zero-order chi connectivity index (χ0) is 18.2. The number of carbonyl (C=O) groups is 2. The van der Waals surface area contributed by atoms with E-state index in [0.717, 1.165) is 5.56 Å². The number of benzene rings is 1. The average Bonchev–Trinajstić information content (AvgIpc) is 3.07. The van der Waals surface area contributed by atoms with Crippen molar-refractivity contribution in [1.29, 1.82) is 0 Å². The Bertz CT molecular complexity index is 748. The monoisotopic (exact) mass is 358 g/mol. The summed E-state index contributed by atoms with van der Waals surface area (Å²) in [6.45, 7) is 1.85. The standard InChI is InChI=1S/C19H19ClN2O3/c1-3-10-22(13-17-5-4-11-25-17)19(24)12-18(21-14(2)23)15-6-8-16(20)9-7-15/h1,4-9,11,18H,10,12-13H2,2H3,(H,21,23). The van der Waals surface area contributed by atoms with Crippen molar-refractivity contribution >= 4 is 23.4 Å². The van der Waals surface area contributed by atoms with Gasteiger partial charge in [-0.1, -0.05) is 29.7 Å². The van der Waals surface area contributed by atoms with Crippen molar-refractivity contribution in [2.45, 2.75) is 25.9 Å². The fourth-order valence-corrected chi connectivity index (χ4v) is 2.56. The van der Waals surface area contributed by atoms with Crippen molar-refractivity contribution in [1.82, 2.24) is 10.2 Å². The molecule has 0 bridgehead atoms. The number of terminal acetylenes is 1. The molecule has 2 rings (SSSR count). The number of carbonyl (C=O) groups excluding carboxylic acids is 2. The maximum absolute atomic E-state index is 12.7. The van der Waals surface area contributed by atoms with E-state index in [-0.39, 0.29) is 31.3 Å². The van der Waals surface area contributed by atoms with E-state index in [1.807, 2.05) is 0 Å². The first-order chi connectivity index (χ1) is 12.0. The van der Waals surface area contributed by atoms with Crippen LogP contribution in [0.4, 0.5) is 0 Å². The second-order valence-electron chi connectivity index (χ2n) is 5.54. The third-order valence-corrected chi connectivity index (χ3v) is 3.84. The van der Waals surface area contributed by atoms with Crippen LogP contribution in [0.2, 0.25) is 5.02 Å². The van der Waals surface area contributed by atoms with Crippen LogP contribution in [0.5, 0.6) is 0 Å². The molecule has 1 aromatic carbocycles.